The minimum atomic E-state index is -2.83. The van der Waals surface area contributed by atoms with E-state index in [1.807, 2.05) is 0 Å². The molecule has 0 saturated heterocycles. The molecule has 0 aliphatic rings. The highest BCUT2D eigenvalue weighted by atomic mass is 35.5. The summed E-state index contributed by atoms with van der Waals surface area (Å²) in [6.07, 6.45) is -2.53. The van der Waals surface area contributed by atoms with Crippen molar-refractivity contribution in [3.8, 4) is 6.07 Å². The van der Waals surface area contributed by atoms with Gasteiger partial charge in [0.2, 0.25) is 5.95 Å². The Morgan fingerprint density at radius 2 is 2.21 bits per heavy atom. The zero-order valence-corrected chi connectivity index (χ0v) is 7.52. The monoisotopic (exact) mass is 220 g/mol. The molecule has 1 aromatic rings. The maximum Gasteiger partial charge on any atom is 0.266 e. The number of alkyl halides is 2. The lowest BCUT2D eigenvalue weighted by atomic mass is 10.1. The van der Waals surface area contributed by atoms with Crippen LogP contribution >= 0.6 is 11.6 Å². The van der Waals surface area contributed by atoms with Gasteiger partial charge in [0.25, 0.3) is 6.43 Å². The van der Waals surface area contributed by atoms with E-state index in [9.17, 15) is 13.2 Å². The van der Waals surface area contributed by atoms with Crippen molar-refractivity contribution >= 4 is 11.6 Å². The molecule has 1 aromatic heterocycles. The highest BCUT2D eigenvalue weighted by Crippen LogP contribution is 2.30. The highest BCUT2D eigenvalue weighted by molar-refractivity contribution is 6.32. The number of nitriles is 1. The highest BCUT2D eigenvalue weighted by Gasteiger charge is 2.18. The average molecular weight is 221 g/mol. The van der Waals surface area contributed by atoms with Gasteiger partial charge in [-0.3, -0.25) is 0 Å². The molecule has 0 aliphatic heterocycles. The van der Waals surface area contributed by atoms with Gasteiger partial charge in [-0.2, -0.15) is 9.65 Å². The molecular formula is C8H4ClF3N2. The zero-order valence-electron chi connectivity index (χ0n) is 6.77. The lowest BCUT2D eigenvalue weighted by Gasteiger charge is -2.06. The molecule has 0 bridgehead atoms. The van der Waals surface area contributed by atoms with Crippen LogP contribution in [0.15, 0.2) is 6.20 Å². The van der Waals surface area contributed by atoms with E-state index < -0.39 is 23.0 Å². The minimum Gasteiger partial charge on any atom is -0.227 e. The topological polar surface area (TPSA) is 36.7 Å². The van der Waals surface area contributed by atoms with Crippen molar-refractivity contribution in [3.05, 3.63) is 28.3 Å². The predicted molar refractivity (Wildman–Crippen MR) is 43.5 cm³/mol. The van der Waals surface area contributed by atoms with E-state index in [1.165, 1.54) is 0 Å². The van der Waals surface area contributed by atoms with Crippen LogP contribution in [0.3, 0.4) is 0 Å². The summed E-state index contributed by atoms with van der Waals surface area (Å²) in [5.74, 6) is -0.985. The third kappa shape index (κ3) is 1.96. The summed E-state index contributed by atoms with van der Waals surface area (Å²) >= 11 is 5.48. The first-order valence-electron chi connectivity index (χ1n) is 3.55. The Kier molecular flexibility index (Phi) is 3.31. The standard InChI is InChI=1S/C8H4ClF3N2/c9-6-4(1-2-13)8(12)14-3-5(6)7(10)11/h3,7H,1H2. The molecule has 74 valence electrons. The number of rotatable bonds is 2. The van der Waals surface area contributed by atoms with Crippen LogP contribution in [-0.4, -0.2) is 4.98 Å². The molecule has 0 radical (unpaired) electrons. The maximum absolute atomic E-state index is 12.9. The molecule has 0 fully saturated rings. The van der Waals surface area contributed by atoms with Gasteiger partial charge in [-0.25, -0.2) is 13.8 Å². The van der Waals surface area contributed by atoms with E-state index in [1.54, 1.807) is 6.07 Å². The Bertz CT molecular complexity index is 387. The molecule has 0 aliphatic carbocycles. The average Bonchev–Trinajstić information content (AvgIpc) is 2.11. The number of aromatic nitrogens is 1. The first kappa shape index (κ1) is 10.8. The van der Waals surface area contributed by atoms with Gasteiger partial charge in [0, 0.05) is 11.8 Å². The summed E-state index contributed by atoms with van der Waals surface area (Å²) in [7, 11) is 0. The maximum atomic E-state index is 12.9. The number of hydrogen-bond acceptors (Lipinski definition) is 2. The van der Waals surface area contributed by atoms with Crippen LogP contribution in [-0.2, 0) is 6.42 Å². The van der Waals surface area contributed by atoms with Gasteiger partial charge in [-0.15, -0.1) is 0 Å². The zero-order chi connectivity index (χ0) is 10.7. The lowest BCUT2D eigenvalue weighted by molar-refractivity contribution is 0.150. The van der Waals surface area contributed by atoms with Crippen LogP contribution in [0.2, 0.25) is 5.02 Å². The molecule has 14 heavy (non-hydrogen) atoms. The fourth-order valence-electron chi connectivity index (χ4n) is 0.907. The number of nitrogens with zero attached hydrogens (tertiary/aromatic N) is 2. The van der Waals surface area contributed by atoms with Crippen molar-refractivity contribution in [1.82, 2.24) is 4.98 Å². The molecule has 2 nitrogen and oxygen atoms in total. The van der Waals surface area contributed by atoms with E-state index in [0.29, 0.717) is 6.20 Å². The second-order valence-electron chi connectivity index (χ2n) is 2.43. The summed E-state index contributed by atoms with van der Waals surface area (Å²) in [5.41, 5.74) is -0.842. The van der Waals surface area contributed by atoms with Crippen molar-refractivity contribution in [2.75, 3.05) is 0 Å². The van der Waals surface area contributed by atoms with E-state index >= 15 is 0 Å². The molecule has 1 rings (SSSR count). The van der Waals surface area contributed by atoms with E-state index in [-0.39, 0.29) is 12.0 Å². The van der Waals surface area contributed by atoms with Crippen LogP contribution in [0.1, 0.15) is 17.6 Å². The predicted octanol–water partition coefficient (Wildman–Crippen LogP) is 2.88. The van der Waals surface area contributed by atoms with Gasteiger partial charge in [0.1, 0.15) is 0 Å². The Balaban J connectivity index is 3.27. The summed E-state index contributed by atoms with van der Waals surface area (Å²) < 4.78 is 37.4. The Morgan fingerprint density at radius 1 is 1.57 bits per heavy atom. The summed E-state index contributed by atoms with van der Waals surface area (Å²) in [4.78, 5) is 3.10. The summed E-state index contributed by atoms with van der Waals surface area (Å²) in [6, 6.07) is 1.62. The largest absolute Gasteiger partial charge is 0.266 e. The van der Waals surface area contributed by atoms with Crippen molar-refractivity contribution in [3.63, 3.8) is 0 Å². The Morgan fingerprint density at radius 3 is 2.71 bits per heavy atom. The third-order valence-corrected chi connectivity index (χ3v) is 2.02. The van der Waals surface area contributed by atoms with Crippen molar-refractivity contribution < 1.29 is 13.2 Å². The quantitative estimate of drug-likeness (QED) is 0.719. The van der Waals surface area contributed by atoms with Gasteiger partial charge < -0.3 is 0 Å². The Labute approximate surface area is 82.9 Å². The molecule has 0 N–H and O–H groups in total. The molecule has 0 saturated carbocycles. The first-order valence-corrected chi connectivity index (χ1v) is 3.93. The SMILES string of the molecule is N#CCc1c(F)ncc(C(F)F)c1Cl. The molecular weight excluding hydrogens is 217 g/mol. The van der Waals surface area contributed by atoms with Gasteiger partial charge in [-0.05, 0) is 0 Å². The molecule has 0 spiro atoms. The van der Waals surface area contributed by atoms with Gasteiger partial charge in [0.15, 0.2) is 0 Å². The van der Waals surface area contributed by atoms with Crippen LogP contribution in [0.25, 0.3) is 0 Å². The molecule has 0 unspecified atom stereocenters. The van der Waals surface area contributed by atoms with Crippen LogP contribution < -0.4 is 0 Å². The van der Waals surface area contributed by atoms with E-state index in [4.69, 9.17) is 16.9 Å². The first-order chi connectivity index (χ1) is 6.57. The second kappa shape index (κ2) is 4.29. The lowest BCUT2D eigenvalue weighted by Crippen LogP contribution is -1.99. The second-order valence-corrected chi connectivity index (χ2v) is 2.81. The van der Waals surface area contributed by atoms with E-state index in [2.05, 4.69) is 4.98 Å². The summed E-state index contributed by atoms with van der Waals surface area (Å²) in [5, 5.41) is 7.89. The molecule has 0 atom stereocenters. The molecule has 6 heteroatoms. The van der Waals surface area contributed by atoms with Gasteiger partial charge in [-0.1, -0.05) is 11.6 Å². The summed E-state index contributed by atoms with van der Waals surface area (Å²) in [6.45, 7) is 0. The van der Waals surface area contributed by atoms with Crippen molar-refractivity contribution in [1.29, 1.82) is 5.26 Å². The van der Waals surface area contributed by atoms with Crippen LogP contribution in [0.5, 0.6) is 0 Å². The minimum absolute atomic E-state index is 0.285. The molecule has 0 aromatic carbocycles. The fourth-order valence-corrected chi connectivity index (χ4v) is 1.18. The third-order valence-electron chi connectivity index (χ3n) is 1.58. The van der Waals surface area contributed by atoms with Gasteiger partial charge in [0.05, 0.1) is 23.1 Å². The number of halogens is 4. The normalized spacial score (nSPS) is 10.3. The van der Waals surface area contributed by atoms with Crippen LogP contribution in [0, 0.1) is 17.3 Å². The number of pyridine rings is 1. The number of hydrogen-bond donors (Lipinski definition) is 0. The Hall–Kier alpha value is -1.28. The molecule has 1 heterocycles. The fraction of sp³-hybridized carbons (Fsp3) is 0.250. The smallest absolute Gasteiger partial charge is 0.227 e. The van der Waals surface area contributed by atoms with E-state index in [0.717, 1.165) is 0 Å². The van der Waals surface area contributed by atoms with Gasteiger partial charge >= 0.3 is 0 Å². The van der Waals surface area contributed by atoms with Crippen molar-refractivity contribution in [2.45, 2.75) is 12.8 Å². The van der Waals surface area contributed by atoms with Crippen LogP contribution in [0.4, 0.5) is 13.2 Å². The molecule has 0 amide bonds. The van der Waals surface area contributed by atoms with Crippen molar-refractivity contribution in [2.24, 2.45) is 0 Å².